The smallest absolute Gasteiger partial charge is 0.251 e. The van der Waals surface area contributed by atoms with Gasteiger partial charge in [0.2, 0.25) is 0 Å². The SMILES string of the molecule is COc1ccc(-n2c(CNC(=O)c3ccc(C(C)(C)C)cc3)n[nH]c2=S)cc1. The van der Waals surface area contributed by atoms with Crippen LogP contribution >= 0.6 is 12.2 Å². The topological polar surface area (TPSA) is 71.9 Å². The summed E-state index contributed by atoms with van der Waals surface area (Å²) in [6.07, 6.45) is 0. The molecular formula is C21H24N4O2S. The Hall–Kier alpha value is -2.93. The third-order valence-corrected chi connectivity index (χ3v) is 4.77. The summed E-state index contributed by atoms with van der Waals surface area (Å²) in [4.78, 5) is 12.5. The van der Waals surface area contributed by atoms with Crippen LogP contribution in [0.3, 0.4) is 0 Å². The third-order valence-electron chi connectivity index (χ3n) is 4.49. The Morgan fingerprint density at radius 2 is 1.79 bits per heavy atom. The molecule has 0 radical (unpaired) electrons. The first-order valence-electron chi connectivity index (χ1n) is 8.99. The van der Waals surface area contributed by atoms with Crippen molar-refractivity contribution in [1.82, 2.24) is 20.1 Å². The number of aromatic amines is 1. The van der Waals surface area contributed by atoms with Crippen molar-refractivity contribution in [3.63, 3.8) is 0 Å². The van der Waals surface area contributed by atoms with E-state index < -0.39 is 0 Å². The van der Waals surface area contributed by atoms with Crippen LogP contribution < -0.4 is 10.1 Å². The van der Waals surface area contributed by atoms with Crippen LogP contribution in [-0.4, -0.2) is 27.8 Å². The fraction of sp³-hybridized carbons (Fsp3) is 0.286. The van der Waals surface area contributed by atoms with Gasteiger partial charge in [-0.1, -0.05) is 32.9 Å². The van der Waals surface area contributed by atoms with Crippen LogP contribution in [-0.2, 0) is 12.0 Å². The lowest BCUT2D eigenvalue weighted by Crippen LogP contribution is -2.24. The molecule has 0 saturated carbocycles. The van der Waals surface area contributed by atoms with Crippen LogP contribution in [0.25, 0.3) is 5.69 Å². The predicted molar refractivity (Wildman–Crippen MR) is 112 cm³/mol. The van der Waals surface area contributed by atoms with Crippen LogP contribution in [0.2, 0.25) is 0 Å². The van der Waals surface area contributed by atoms with Gasteiger partial charge in [0.25, 0.3) is 5.91 Å². The number of carbonyl (C=O) groups excluding carboxylic acids is 1. The maximum absolute atomic E-state index is 12.5. The Morgan fingerprint density at radius 3 is 2.36 bits per heavy atom. The molecule has 28 heavy (non-hydrogen) atoms. The summed E-state index contributed by atoms with van der Waals surface area (Å²) in [5.74, 6) is 1.22. The highest BCUT2D eigenvalue weighted by Crippen LogP contribution is 2.22. The monoisotopic (exact) mass is 396 g/mol. The molecule has 0 aliphatic carbocycles. The van der Waals surface area contributed by atoms with Gasteiger partial charge < -0.3 is 10.1 Å². The quantitative estimate of drug-likeness (QED) is 0.635. The molecule has 146 valence electrons. The zero-order valence-electron chi connectivity index (χ0n) is 16.4. The lowest BCUT2D eigenvalue weighted by Gasteiger charge is -2.19. The number of hydrogen-bond donors (Lipinski definition) is 2. The maximum Gasteiger partial charge on any atom is 0.251 e. The maximum atomic E-state index is 12.5. The summed E-state index contributed by atoms with van der Waals surface area (Å²) in [7, 11) is 1.62. The van der Waals surface area contributed by atoms with E-state index in [1.807, 2.05) is 48.5 Å². The van der Waals surface area contributed by atoms with Crippen molar-refractivity contribution in [2.75, 3.05) is 7.11 Å². The fourth-order valence-corrected chi connectivity index (χ4v) is 3.09. The number of H-pyrrole nitrogens is 1. The molecule has 2 N–H and O–H groups in total. The summed E-state index contributed by atoms with van der Waals surface area (Å²) in [6, 6.07) is 15.1. The summed E-state index contributed by atoms with van der Waals surface area (Å²) < 4.78 is 7.44. The molecule has 6 nitrogen and oxygen atoms in total. The number of nitrogens with zero attached hydrogens (tertiary/aromatic N) is 2. The van der Waals surface area contributed by atoms with Gasteiger partial charge in [0, 0.05) is 11.3 Å². The van der Waals surface area contributed by atoms with Gasteiger partial charge >= 0.3 is 0 Å². The van der Waals surface area contributed by atoms with Crippen LogP contribution in [0, 0.1) is 4.77 Å². The summed E-state index contributed by atoms with van der Waals surface area (Å²) >= 11 is 5.34. The number of amides is 1. The van der Waals surface area contributed by atoms with E-state index in [4.69, 9.17) is 17.0 Å². The van der Waals surface area contributed by atoms with Crippen molar-refractivity contribution in [3.05, 3.63) is 70.3 Å². The van der Waals surface area contributed by atoms with Crippen LogP contribution in [0.15, 0.2) is 48.5 Å². The lowest BCUT2D eigenvalue weighted by atomic mass is 9.87. The average Bonchev–Trinajstić information content (AvgIpc) is 3.06. The molecule has 0 aliphatic rings. The number of rotatable bonds is 5. The number of aromatic nitrogens is 3. The minimum absolute atomic E-state index is 0.0494. The average molecular weight is 397 g/mol. The van der Waals surface area contributed by atoms with E-state index in [2.05, 4.69) is 36.3 Å². The number of hydrogen-bond acceptors (Lipinski definition) is 4. The number of ether oxygens (including phenoxy) is 1. The Kier molecular flexibility index (Phi) is 5.65. The number of carbonyl (C=O) groups is 1. The first-order chi connectivity index (χ1) is 13.3. The molecule has 1 amide bonds. The molecule has 0 fully saturated rings. The number of nitrogens with one attached hydrogen (secondary N) is 2. The number of methoxy groups -OCH3 is 1. The molecule has 0 saturated heterocycles. The molecule has 0 spiro atoms. The molecule has 0 atom stereocenters. The molecule has 2 aromatic carbocycles. The van der Waals surface area contributed by atoms with Gasteiger partial charge in [-0.25, -0.2) is 0 Å². The van der Waals surface area contributed by atoms with E-state index in [0.29, 0.717) is 16.2 Å². The van der Waals surface area contributed by atoms with E-state index in [-0.39, 0.29) is 17.9 Å². The highest BCUT2D eigenvalue weighted by atomic mass is 32.1. The lowest BCUT2D eigenvalue weighted by molar-refractivity contribution is 0.0949. The minimum Gasteiger partial charge on any atom is -0.497 e. The largest absolute Gasteiger partial charge is 0.497 e. The fourth-order valence-electron chi connectivity index (χ4n) is 2.83. The highest BCUT2D eigenvalue weighted by Gasteiger charge is 2.15. The summed E-state index contributed by atoms with van der Waals surface area (Å²) in [6.45, 7) is 6.68. The van der Waals surface area contributed by atoms with Gasteiger partial charge in [0.1, 0.15) is 5.75 Å². The molecular weight excluding hydrogens is 372 g/mol. The van der Waals surface area contributed by atoms with Gasteiger partial charge in [-0.3, -0.25) is 14.5 Å². The van der Waals surface area contributed by atoms with E-state index in [0.717, 1.165) is 11.4 Å². The normalized spacial score (nSPS) is 11.3. The van der Waals surface area contributed by atoms with Gasteiger partial charge in [-0.15, -0.1) is 0 Å². The zero-order chi connectivity index (χ0) is 20.3. The van der Waals surface area contributed by atoms with Gasteiger partial charge in [-0.2, -0.15) is 5.10 Å². The molecule has 1 aromatic heterocycles. The predicted octanol–water partition coefficient (Wildman–Crippen LogP) is 4.17. The third kappa shape index (κ3) is 4.31. The standard InChI is InChI=1S/C21H24N4O2S/c1-21(2,3)15-7-5-14(6-8-15)19(26)22-13-18-23-24-20(28)25(18)16-9-11-17(27-4)12-10-16/h5-12H,13H2,1-4H3,(H,22,26)(H,24,28). The Morgan fingerprint density at radius 1 is 1.14 bits per heavy atom. The first kappa shape index (κ1) is 19.8. The van der Waals surface area contributed by atoms with Crippen LogP contribution in [0.1, 0.15) is 42.5 Å². The molecule has 7 heteroatoms. The van der Waals surface area contributed by atoms with Gasteiger partial charge in [0.15, 0.2) is 10.6 Å². The number of benzene rings is 2. The van der Waals surface area contributed by atoms with Crippen molar-refractivity contribution in [1.29, 1.82) is 0 Å². The Bertz CT molecular complexity index is 1010. The molecule has 0 unspecified atom stereocenters. The van der Waals surface area contributed by atoms with Gasteiger partial charge in [-0.05, 0) is 59.6 Å². The summed E-state index contributed by atoms with van der Waals surface area (Å²) in [5.41, 5.74) is 2.69. The molecule has 1 heterocycles. The van der Waals surface area contributed by atoms with Crippen molar-refractivity contribution in [2.45, 2.75) is 32.7 Å². The van der Waals surface area contributed by atoms with E-state index in [1.165, 1.54) is 5.56 Å². The molecule has 3 aromatic rings. The van der Waals surface area contributed by atoms with Crippen LogP contribution in [0.5, 0.6) is 5.75 Å². The minimum atomic E-state index is -0.157. The van der Waals surface area contributed by atoms with Crippen LogP contribution in [0.4, 0.5) is 0 Å². The molecule has 3 rings (SSSR count). The second-order valence-corrected chi connectivity index (χ2v) is 7.88. The molecule has 0 bridgehead atoms. The second kappa shape index (κ2) is 7.98. The van der Waals surface area contributed by atoms with Crippen molar-refractivity contribution < 1.29 is 9.53 Å². The second-order valence-electron chi connectivity index (χ2n) is 7.49. The summed E-state index contributed by atoms with van der Waals surface area (Å²) in [5, 5.41) is 9.94. The van der Waals surface area contributed by atoms with E-state index >= 15 is 0 Å². The highest BCUT2D eigenvalue weighted by molar-refractivity contribution is 7.71. The van der Waals surface area contributed by atoms with E-state index in [9.17, 15) is 4.79 Å². The Labute approximate surface area is 169 Å². The van der Waals surface area contributed by atoms with Crippen molar-refractivity contribution in [2.24, 2.45) is 0 Å². The zero-order valence-corrected chi connectivity index (χ0v) is 17.3. The van der Waals surface area contributed by atoms with Crippen molar-refractivity contribution >= 4 is 18.1 Å². The van der Waals surface area contributed by atoms with Gasteiger partial charge in [0.05, 0.1) is 13.7 Å². The van der Waals surface area contributed by atoms with E-state index in [1.54, 1.807) is 11.7 Å². The molecule has 0 aliphatic heterocycles. The first-order valence-corrected chi connectivity index (χ1v) is 9.40. The van der Waals surface area contributed by atoms with Crippen molar-refractivity contribution in [3.8, 4) is 11.4 Å². The Balaban J connectivity index is 1.74.